The Morgan fingerprint density at radius 3 is 2.36 bits per heavy atom. The molecule has 5 nitrogen and oxygen atoms in total. The normalized spacial score (nSPS) is 23.0. The molecule has 1 aliphatic carbocycles. The first-order valence-electron chi connectivity index (χ1n) is 11.1. The maximum Gasteiger partial charge on any atom is 0.253 e. The minimum atomic E-state index is -0.0442. The van der Waals surface area contributed by atoms with Crippen LogP contribution in [0.4, 0.5) is 5.69 Å². The SMILES string of the molecule is O=C(NCC1(N2CCCCC2)CCCCC1)c1ccccc1N1CCCC1=O. The van der Waals surface area contributed by atoms with Crippen LogP contribution in [0, 0.1) is 0 Å². The average Bonchev–Trinajstić information content (AvgIpc) is 3.19. The molecular weight excluding hydrogens is 350 g/mol. The molecular formula is C23H33N3O2. The number of carbonyl (C=O) groups excluding carboxylic acids is 2. The molecule has 2 saturated heterocycles. The van der Waals surface area contributed by atoms with E-state index in [0.29, 0.717) is 25.1 Å². The van der Waals surface area contributed by atoms with E-state index in [-0.39, 0.29) is 17.4 Å². The van der Waals surface area contributed by atoms with Crippen LogP contribution in [0.3, 0.4) is 0 Å². The fourth-order valence-corrected chi connectivity index (χ4v) is 5.33. The molecule has 0 spiro atoms. The Balaban J connectivity index is 1.49. The van der Waals surface area contributed by atoms with Crippen LogP contribution in [0.25, 0.3) is 0 Å². The van der Waals surface area contributed by atoms with E-state index >= 15 is 0 Å². The molecule has 0 atom stereocenters. The van der Waals surface area contributed by atoms with E-state index in [1.54, 1.807) is 4.90 Å². The van der Waals surface area contributed by atoms with Crippen molar-refractivity contribution in [1.82, 2.24) is 10.2 Å². The Morgan fingerprint density at radius 1 is 0.929 bits per heavy atom. The molecule has 2 aliphatic heterocycles. The zero-order valence-corrected chi connectivity index (χ0v) is 16.9. The zero-order chi connectivity index (χ0) is 19.4. The summed E-state index contributed by atoms with van der Waals surface area (Å²) >= 11 is 0. The lowest BCUT2D eigenvalue weighted by atomic mass is 9.79. The number of nitrogens with one attached hydrogen (secondary N) is 1. The van der Waals surface area contributed by atoms with Crippen LogP contribution in [0.15, 0.2) is 24.3 Å². The van der Waals surface area contributed by atoms with Crippen LogP contribution in [-0.2, 0) is 4.79 Å². The number of hydrogen-bond acceptors (Lipinski definition) is 3. The molecule has 5 heteroatoms. The smallest absolute Gasteiger partial charge is 0.253 e. The predicted molar refractivity (Wildman–Crippen MR) is 112 cm³/mol. The Morgan fingerprint density at radius 2 is 1.64 bits per heavy atom. The van der Waals surface area contributed by atoms with Crippen LogP contribution < -0.4 is 10.2 Å². The van der Waals surface area contributed by atoms with Crippen LogP contribution >= 0.6 is 0 Å². The van der Waals surface area contributed by atoms with E-state index in [1.807, 2.05) is 24.3 Å². The molecule has 0 radical (unpaired) electrons. The zero-order valence-electron chi connectivity index (χ0n) is 16.9. The summed E-state index contributed by atoms with van der Waals surface area (Å²) in [5, 5.41) is 3.27. The van der Waals surface area contributed by atoms with Crippen molar-refractivity contribution in [3.63, 3.8) is 0 Å². The Hall–Kier alpha value is -1.88. The van der Waals surface area contributed by atoms with E-state index < -0.39 is 0 Å². The monoisotopic (exact) mass is 383 g/mol. The summed E-state index contributed by atoms with van der Waals surface area (Å²) in [6, 6.07) is 7.55. The van der Waals surface area contributed by atoms with Gasteiger partial charge < -0.3 is 10.2 Å². The maximum absolute atomic E-state index is 13.1. The summed E-state index contributed by atoms with van der Waals surface area (Å²) in [7, 11) is 0. The number of amides is 2. The first kappa shape index (κ1) is 19.4. The number of benzene rings is 1. The van der Waals surface area contributed by atoms with Crippen molar-refractivity contribution < 1.29 is 9.59 Å². The third kappa shape index (κ3) is 3.95. The number of para-hydroxylation sites is 1. The maximum atomic E-state index is 13.1. The summed E-state index contributed by atoms with van der Waals surface area (Å²) in [4.78, 5) is 29.8. The molecule has 0 aromatic heterocycles. The van der Waals surface area contributed by atoms with Gasteiger partial charge in [0.15, 0.2) is 0 Å². The summed E-state index contributed by atoms with van der Waals surface area (Å²) in [6.45, 7) is 3.75. The van der Waals surface area contributed by atoms with E-state index in [2.05, 4.69) is 10.2 Å². The van der Waals surface area contributed by atoms with Gasteiger partial charge in [-0.2, -0.15) is 0 Å². The molecule has 28 heavy (non-hydrogen) atoms. The molecule has 2 heterocycles. The highest BCUT2D eigenvalue weighted by atomic mass is 16.2. The molecule has 1 aromatic carbocycles. The van der Waals surface area contributed by atoms with Gasteiger partial charge in [0.05, 0.1) is 11.3 Å². The highest BCUT2D eigenvalue weighted by Gasteiger charge is 2.38. The third-order valence-electron chi connectivity index (χ3n) is 6.90. The van der Waals surface area contributed by atoms with E-state index in [9.17, 15) is 9.59 Å². The molecule has 1 N–H and O–H groups in total. The van der Waals surface area contributed by atoms with Gasteiger partial charge in [-0.1, -0.05) is 37.8 Å². The van der Waals surface area contributed by atoms with Crippen molar-refractivity contribution in [1.29, 1.82) is 0 Å². The Labute approximate surface area is 168 Å². The number of piperidine rings is 1. The highest BCUT2D eigenvalue weighted by molar-refractivity contribution is 6.05. The van der Waals surface area contributed by atoms with Crippen LogP contribution in [0.1, 0.15) is 74.6 Å². The number of hydrogen-bond donors (Lipinski definition) is 1. The Bertz CT molecular complexity index is 706. The standard InChI is InChI=1S/C23H33N3O2/c27-21-12-9-17-26(21)20-11-4-3-10-19(20)22(28)24-18-23(13-5-1-6-14-23)25-15-7-2-8-16-25/h3-4,10-11H,1-2,5-9,12-18H2,(H,24,28). The van der Waals surface area contributed by atoms with Crippen molar-refractivity contribution in [3.05, 3.63) is 29.8 Å². The molecule has 1 saturated carbocycles. The fraction of sp³-hybridized carbons (Fsp3) is 0.652. The van der Waals surface area contributed by atoms with E-state index in [4.69, 9.17) is 0 Å². The second kappa shape index (κ2) is 8.64. The van der Waals surface area contributed by atoms with E-state index in [1.165, 1.54) is 51.4 Å². The van der Waals surface area contributed by atoms with Gasteiger partial charge in [-0.15, -0.1) is 0 Å². The van der Waals surface area contributed by atoms with Crippen molar-refractivity contribution >= 4 is 17.5 Å². The quantitative estimate of drug-likeness (QED) is 0.843. The number of rotatable bonds is 5. The fourth-order valence-electron chi connectivity index (χ4n) is 5.33. The molecule has 3 aliphatic rings. The first-order valence-corrected chi connectivity index (χ1v) is 11.1. The van der Waals surface area contributed by atoms with Crippen LogP contribution in [0.2, 0.25) is 0 Å². The van der Waals surface area contributed by atoms with Gasteiger partial charge in [-0.3, -0.25) is 14.5 Å². The summed E-state index contributed by atoms with van der Waals surface area (Å²) in [5.74, 6) is 0.0783. The Kier molecular flexibility index (Phi) is 6.00. The van der Waals surface area contributed by atoms with Gasteiger partial charge in [0, 0.05) is 25.0 Å². The minimum absolute atomic E-state index is 0.0442. The molecule has 152 valence electrons. The number of anilines is 1. The van der Waals surface area contributed by atoms with Gasteiger partial charge in [0.25, 0.3) is 5.91 Å². The summed E-state index contributed by atoms with van der Waals surface area (Å²) in [5.41, 5.74) is 1.51. The second-order valence-corrected chi connectivity index (χ2v) is 8.68. The van der Waals surface area contributed by atoms with Crippen molar-refractivity contribution in [2.45, 2.75) is 69.7 Å². The lowest BCUT2D eigenvalue weighted by molar-refractivity contribution is -0.117. The first-order chi connectivity index (χ1) is 13.7. The molecule has 4 rings (SSSR count). The molecule has 0 bridgehead atoms. The largest absolute Gasteiger partial charge is 0.350 e. The minimum Gasteiger partial charge on any atom is -0.350 e. The molecule has 1 aromatic rings. The predicted octanol–water partition coefficient (Wildman–Crippen LogP) is 3.73. The van der Waals surface area contributed by atoms with Gasteiger partial charge in [-0.25, -0.2) is 0 Å². The van der Waals surface area contributed by atoms with Crippen molar-refractivity contribution in [2.24, 2.45) is 0 Å². The summed E-state index contributed by atoms with van der Waals surface area (Å²) in [6.07, 6.45) is 11.5. The van der Waals surface area contributed by atoms with Gasteiger partial charge >= 0.3 is 0 Å². The van der Waals surface area contributed by atoms with E-state index in [0.717, 1.165) is 25.2 Å². The van der Waals surface area contributed by atoms with Gasteiger partial charge in [0.2, 0.25) is 5.91 Å². The molecule has 2 amide bonds. The van der Waals surface area contributed by atoms with Gasteiger partial charge in [-0.05, 0) is 57.3 Å². The lowest BCUT2D eigenvalue weighted by Crippen LogP contribution is -2.58. The van der Waals surface area contributed by atoms with Crippen LogP contribution in [-0.4, -0.2) is 48.4 Å². The number of likely N-dealkylation sites (tertiary alicyclic amines) is 1. The van der Waals surface area contributed by atoms with Gasteiger partial charge in [0.1, 0.15) is 0 Å². The lowest BCUT2D eigenvalue weighted by Gasteiger charge is -2.48. The average molecular weight is 384 g/mol. The molecule has 3 fully saturated rings. The molecule has 0 unspecified atom stereocenters. The van der Waals surface area contributed by atoms with Crippen LogP contribution in [0.5, 0.6) is 0 Å². The number of carbonyl (C=O) groups is 2. The summed E-state index contributed by atoms with van der Waals surface area (Å²) < 4.78 is 0. The highest BCUT2D eigenvalue weighted by Crippen LogP contribution is 2.35. The topological polar surface area (TPSA) is 52.7 Å². The van der Waals surface area contributed by atoms with Crippen molar-refractivity contribution in [2.75, 3.05) is 31.1 Å². The van der Waals surface area contributed by atoms with Crippen molar-refractivity contribution in [3.8, 4) is 0 Å². The second-order valence-electron chi connectivity index (χ2n) is 8.68. The number of nitrogens with zero attached hydrogens (tertiary/aromatic N) is 2. The third-order valence-corrected chi connectivity index (χ3v) is 6.90.